The molecule has 6 nitrogen and oxygen atoms in total. The molecule has 0 aliphatic rings. The van der Waals surface area contributed by atoms with Crippen LogP contribution in [0.1, 0.15) is 42.7 Å². The molecule has 106 valence electrons. The van der Waals surface area contributed by atoms with Crippen LogP contribution in [-0.4, -0.2) is 25.8 Å². The first-order valence-electron chi connectivity index (χ1n) is 6.45. The van der Waals surface area contributed by atoms with E-state index in [9.17, 15) is 4.79 Å². The monoisotopic (exact) mass is 275 g/mol. The first-order chi connectivity index (χ1) is 9.49. The first-order valence-corrected chi connectivity index (χ1v) is 6.45. The highest BCUT2D eigenvalue weighted by Crippen LogP contribution is 2.23. The lowest BCUT2D eigenvalue weighted by Crippen LogP contribution is -2.03. The predicted octanol–water partition coefficient (Wildman–Crippen LogP) is 2.91. The van der Waals surface area contributed by atoms with E-state index in [0.717, 1.165) is 6.54 Å². The number of carboxylic acids is 1. The fourth-order valence-corrected chi connectivity index (χ4v) is 1.69. The quantitative estimate of drug-likeness (QED) is 0.907. The van der Waals surface area contributed by atoms with Gasteiger partial charge < -0.3 is 9.84 Å². The zero-order chi connectivity index (χ0) is 14.7. The standard InChI is InChI=1S/C14H17N3O3/c1-4-17-8-11(7-15-17)20-13-6-10(14(18)19)5-12(16-13)9(2)3/h5-9H,4H2,1-3H3,(H,18,19). The van der Waals surface area contributed by atoms with Gasteiger partial charge in [-0.2, -0.15) is 5.10 Å². The maximum absolute atomic E-state index is 11.1. The molecule has 0 radical (unpaired) electrons. The summed E-state index contributed by atoms with van der Waals surface area (Å²) in [5.74, 6) is -0.0701. The molecule has 0 amide bonds. The normalized spacial score (nSPS) is 10.8. The van der Waals surface area contributed by atoms with Gasteiger partial charge in [-0.1, -0.05) is 13.8 Å². The molecule has 0 saturated heterocycles. The third-order valence-corrected chi connectivity index (χ3v) is 2.82. The number of hydrogen-bond acceptors (Lipinski definition) is 4. The van der Waals surface area contributed by atoms with Gasteiger partial charge in [-0.25, -0.2) is 9.78 Å². The first kappa shape index (κ1) is 14.0. The van der Waals surface area contributed by atoms with Gasteiger partial charge in [-0.3, -0.25) is 4.68 Å². The van der Waals surface area contributed by atoms with E-state index in [1.54, 1.807) is 23.1 Å². The van der Waals surface area contributed by atoms with Crippen molar-refractivity contribution in [3.63, 3.8) is 0 Å². The van der Waals surface area contributed by atoms with Gasteiger partial charge in [0.15, 0.2) is 5.75 Å². The molecule has 0 aliphatic heterocycles. The molecule has 6 heteroatoms. The van der Waals surface area contributed by atoms with Crippen LogP contribution in [0.15, 0.2) is 24.5 Å². The number of carboxylic acid groups (broad SMARTS) is 1. The lowest BCUT2D eigenvalue weighted by Gasteiger charge is -2.09. The predicted molar refractivity (Wildman–Crippen MR) is 73.3 cm³/mol. The molecule has 0 aliphatic carbocycles. The number of carbonyl (C=O) groups is 1. The molecule has 2 aromatic rings. The van der Waals surface area contributed by atoms with Gasteiger partial charge in [0.25, 0.3) is 0 Å². The molecule has 0 spiro atoms. The maximum Gasteiger partial charge on any atom is 0.335 e. The Morgan fingerprint density at radius 3 is 2.75 bits per heavy atom. The average molecular weight is 275 g/mol. The van der Waals surface area contributed by atoms with E-state index >= 15 is 0 Å². The number of aromatic nitrogens is 3. The molecule has 0 aromatic carbocycles. The van der Waals surface area contributed by atoms with E-state index in [-0.39, 0.29) is 17.4 Å². The second kappa shape index (κ2) is 5.73. The van der Waals surface area contributed by atoms with Gasteiger partial charge in [0.05, 0.1) is 18.0 Å². The largest absolute Gasteiger partial charge is 0.478 e. The minimum Gasteiger partial charge on any atom is -0.478 e. The van der Waals surface area contributed by atoms with E-state index in [1.807, 2.05) is 20.8 Å². The Kier molecular flexibility index (Phi) is 4.02. The molecule has 20 heavy (non-hydrogen) atoms. The Balaban J connectivity index is 2.32. The highest BCUT2D eigenvalue weighted by Gasteiger charge is 2.12. The summed E-state index contributed by atoms with van der Waals surface area (Å²) < 4.78 is 7.31. The summed E-state index contributed by atoms with van der Waals surface area (Å²) in [5.41, 5.74) is 0.851. The zero-order valence-corrected chi connectivity index (χ0v) is 11.7. The molecule has 0 atom stereocenters. The molecule has 0 bridgehead atoms. The van der Waals surface area contributed by atoms with Crippen molar-refractivity contribution in [3.8, 4) is 11.6 Å². The van der Waals surface area contributed by atoms with Gasteiger partial charge >= 0.3 is 5.97 Å². The van der Waals surface area contributed by atoms with Gasteiger partial charge in [-0.15, -0.1) is 0 Å². The van der Waals surface area contributed by atoms with Gasteiger partial charge in [0, 0.05) is 18.3 Å². The molecule has 0 fully saturated rings. The third kappa shape index (κ3) is 3.14. The number of rotatable bonds is 5. The fraction of sp³-hybridized carbons (Fsp3) is 0.357. The molecule has 0 unspecified atom stereocenters. The van der Waals surface area contributed by atoms with Gasteiger partial charge in [0.1, 0.15) is 0 Å². The number of aromatic carboxylic acids is 1. The minimum absolute atomic E-state index is 0.120. The van der Waals surface area contributed by atoms with E-state index in [1.165, 1.54) is 6.07 Å². The van der Waals surface area contributed by atoms with Gasteiger partial charge in [0.2, 0.25) is 5.88 Å². The number of hydrogen-bond donors (Lipinski definition) is 1. The van der Waals surface area contributed by atoms with E-state index in [0.29, 0.717) is 11.4 Å². The third-order valence-electron chi connectivity index (χ3n) is 2.82. The van der Waals surface area contributed by atoms with Crippen molar-refractivity contribution in [2.24, 2.45) is 0 Å². The molecular formula is C14H17N3O3. The summed E-state index contributed by atoms with van der Waals surface area (Å²) in [5, 5.41) is 13.2. The Morgan fingerprint density at radius 2 is 2.20 bits per heavy atom. The van der Waals surface area contributed by atoms with Crippen LogP contribution in [0.5, 0.6) is 11.6 Å². The van der Waals surface area contributed by atoms with Crippen LogP contribution >= 0.6 is 0 Å². The average Bonchev–Trinajstić information content (AvgIpc) is 2.85. The Morgan fingerprint density at radius 1 is 1.45 bits per heavy atom. The number of ether oxygens (including phenoxy) is 1. The lowest BCUT2D eigenvalue weighted by molar-refractivity contribution is 0.0696. The molecule has 1 N–H and O–H groups in total. The molecule has 2 heterocycles. The maximum atomic E-state index is 11.1. The number of nitrogens with zero attached hydrogens (tertiary/aromatic N) is 3. The highest BCUT2D eigenvalue weighted by atomic mass is 16.5. The summed E-state index contributed by atoms with van der Waals surface area (Å²) in [6.45, 7) is 6.61. The second-order valence-electron chi connectivity index (χ2n) is 4.71. The lowest BCUT2D eigenvalue weighted by atomic mass is 10.1. The van der Waals surface area contributed by atoms with Crippen molar-refractivity contribution in [3.05, 3.63) is 35.8 Å². The summed E-state index contributed by atoms with van der Waals surface area (Å²) in [7, 11) is 0. The second-order valence-corrected chi connectivity index (χ2v) is 4.71. The van der Waals surface area contributed by atoms with Crippen molar-refractivity contribution in [1.29, 1.82) is 0 Å². The fourth-order valence-electron chi connectivity index (χ4n) is 1.69. The zero-order valence-electron chi connectivity index (χ0n) is 11.7. The molecule has 2 aromatic heterocycles. The molecular weight excluding hydrogens is 258 g/mol. The topological polar surface area (TPSA) is 77.2 Å². The van der Waals surface area contributed by atoms with Crippen molar-refractivity contribution in [1.82, 2.24) is 14.8 Å². The summed E-state index contributed by atoms with van der Waals surface area (Å²) >= 11 is 0. The van der Waals surface area contributed by atoms with Crippen molar-refractivity contribution in [2.75, 3.05) is 0 Å². The highest BCUT2D eigenvalue weighted by molar-refractivity contribution is 5.88. The van der Waals surface area contributed by atoms with E-state index in [4.69, 9.17) is 9.84 Å². The number of pyridine rings is 1. The van der Waals surface area contributed by atoms with Crippen LogP contribution in [0.3, 0.4) is 0 Å². The van der Waals surface area contributed by atoms with Crippen molar-refractivity contribution < 1.29 is 14.6 Å². The van der Waals surface area contributed by atoms with Gasteiger partial charge in [-0.05, 0) is 18.9 Å². The smallest absolute Gasteiger partial charge is 0.335 e. The van der Waals surface area contributed by atoms with Crippen LogP contribution in [-0.2, 0) is 6.54 Å². The SMILES string of the molecule is CCn1cc(Oc2cc(C(=O)O)cc(C(C)C)n2)cn1. The molecule has 2 rings (SSSR count). The Hall–Kier alpha value is -2.37. The van der Waals surface area contributed by atoms with Crippen molar-refractivity contribution >= 4 is 5.97 Å². The summed E-state index contributed by atoms with van der Waals surface area (Å²) in [6, 6.07) is 2.98. The minimum atomic E-state index is -0.997. The number of aryl methyl sites for hydroxylation is 1. The van der Waals surface area contributed by atoms with Crippen LogP contribution in [0, 0.1) is 0 Å². The molecule has 0 saturated carbocycles. The summed E-state index contributed by atoms with van der Waals surface area (Å²) in [4.78, 5) is 15.5. The van der Waals surface area contributed by atoms with Crippen LogP contribution in [0.25, 0.3) is 0 Å². The van der Waals surface area contributed by atoms with Crippen molar-refractivity contribution in [2.45, 2.75) is 33.2 Å². The Labute approximate surface area is 117 Å². The summed E-state index contributed by atoms with van der Waals surface area (Å²) in [6.07, 6.45) is 3.32. The van der Waals surface area contributed by atoms with E-state index < -0.39 is 5.97 Å². The van der Waals surface area contributed by atoms with Crippen LogP contribution in [0.2, 0.25) is 0 Å². The van der Waals surface area contributed by atoms with Crippen LogP contribution in [0.4, 0.5) is 0 Å². The van der Waals surface area contributed by atoms with E-state index in [2.05, 4.69) is 10.1 Å². The Bertz CT molecular complexity index is 620. The van der Waals surface area contributed by atoms with Crippen LogP contribution < -0.4 is 4.74 Å².